The van der Waals surface area contributed by atoms with Crippen LogP contribution in [0.4, 0.5) is 0 Å². The number of rotatable bonds is 5. The van der Waals surface area contributed by atoms with E-state index in [-0.39, 0.29) is 11.4 Å². The van der Waals surface area contributed by atoms with Gasteiger partial charge in [-0.2, -0.15) is 0 Å². The van der Waals surface area contributed by atoms with Crippen molar-refractivity contribution in [3.63, 3.8) is 0 Å². The van der Waals surface area contributed by atoms with Gasteiger partial charge in [-0.15, -0.1) is 0 Å². The molecule has 2 rings (SSSR count). The van der Waals surface area contributed by atoms with Gasteiger partial charge in [-0.1, -0.05) is 6.42 Å². The first-order valence-corrected chi connectivity index (χ1v) is 7.56. The Hall–Kier alpha value is -0.650. The Morgan fingerprint density at radius 1 is 1.21 bits per heavy atom. The van der Waals surface area contributed by atoms with Crippen LogP contribution in [-0.4, -0.2) is 55.7 Å². The number of nitrogens with one attached hydrogen (secondary N) is 1. The lowest BCUT2D eigenvalue weighted by molar-refractivity contribution is -0.122. The maximum Gasteiger partial charge on any atom is 0.221 e. The molecule has 19 heavy (non-hydrogen) atoms. The molecule has 0 aromatic heterocycles. The molecule has 2 heterocycles. The monoisotopic (exact) mass is 269 g/mol. The third-order valence-corrected chi connectivity index (χ3v) is 4.44. The molecule has 0 radical (unpaired) electrons. The maximum absolute atomic E-state index is 11.7. The van der Waals surface area contributed by atoms with E-state index >= 15 is 0 Å². The van der Waals surface area contributed by atoms with Gasteiger partial charge < -0.3 is 15.8 Å². The standard InChI is InChI=1S/C14H27N3O2/c15-7-4-13(18)16-12-14(5-10-19-11-6-14)17-8-2-1-3-9-17/h1-12,15H2,(H,16,18). The summed E-state index contributed by atoms with van der Waals surface area (Å²) >= 11 is 0. The molecule has 2 saturated heterocycles. The van der Waals surface area contributed by atoms with Gasteiger partial charge in [0, 0.05) is 38.3 Å². The molecule has 0 aromatic carbocycles. The van der Waals surface area contributed by atoms with Crippen LogP contribution in [0.3, 0.4) is 0 Å². The van der Waals surface area contributed by atoms with Crippen LogP contribution in [0.1, 0.15) is 38.5 Å². The summed E-state index contributed by atoms with van der Waals surface area (Å²) in [6.45, 7) is 5.10. The molecule has 2 aliphatic rings. The Morgan fingerprint density at radius 2 is 1.89 bits per heavy atom. The number of ether oxygens (including phenoxy) is 1. The van der Waals surface area contributed by atoms with E-state index in [4.69, 9.17) is 10.5 Å². The summed E-state index contributed by atoms with van der Waals surface area (Å²) in [5.74, 6) is 0.0744. The fourth-order valence-electron chi connectivity index (χ4n) is 3.21. The van der Waals surface area contributed by atoms with Crippen LogP contribution in [0.15, 0.2) is 0 Å². The molecule has 5 nitrogen and oxygen atoms in total. The van der Waals surface area contributed by atoms with Crippen molar-refractivity contribution in [2.75, 3.05) is 39.4 Å². The Labute approximate surface area is 115 Å². The molecule has 0 bridgehead atoms. The zero-order valence-corrected chi connectivity index (χ0v) is 11.8. The van der Waals surface area contributed by atoms with Crippen LogP contribution >= 0.6 is 0 Å². The Kier molecular flexibility index (Phi) is 5.60. The van der Waals surface area contributed by atoms with Crippen molar-refractivity contribution in [1.82, 2.24) is 10.2 Å². The second-order valence-corrected chi connectivity index (χ2v) is 5.70. The zero-order chi connectivity index (χ0) is 13.6. The van der Waals surface area contributed by atoms with Crippen molar-refractivity contribution in [1.29, 1.82) is 0 Å². The summed E-state index contributed by atoms with van der Waals surface area (Å²) in [4.78, 5) is 14.3. The van der Waals surface area contributed by atoms with Crippen LogP contribution in [0.25, 0.3) is 0 Å². The number of piperidine rings is 1. The van der Waals surface area contributed by atoms with E-state index in [0.717, 1.165) is 45.7 Å². The summed E-state index contributed by atoms with van der Waals surface area (Å²) in [7, 11) is 0. The molecule has 110 valence electrons. The van der Waals surface area contributed by atoms with E-state index in [9.17, 15) is 4.79 Å². The third kappa shape index (κ3) is 3.91. The third-order valence-electron chi connectivity index (χ3n) is 4.44. The van der Waals surface area contributed by atoms with Crippen LogP contribution in [0.2, 0.25) is 0 Å². The molecule has 0 spiro atoms. The van der Waals surface area contributed by atoms with Crippen molar-refractivity contribution in [2.45, 2.75) is 44.1 Å². The highest BCUT2D eigenvalue weighted by Crippen LogP contribution is 2.30. The number of hydrogen-bond donors (Lipinski definition) is 2. The highest BCUT2D eigenvalue weighted by Gasteiger charge is 2.38. The largest absolute Gasteiger partial charge is 0.381 e. The summed E-state index contributed by atoms with van der Waals surface area (Å²) in [6, 6.07) is 0. The number of nitrogens with two attached hydrogens (primary N) is 1. The van der Waals surface area contributed by atoms with Crippen molar-refractivity contribution in [3.8, 4) is 0 Å². The molecule has 0 saturated carbocycles. The van der Waals surface area contributed by atoms with Crippen molar-refractivity contribution in [3.05, 3.63) is 0 Å². The first-order chi connectivity index (χ1) is 9.27. The van der Waals surface area contributed by atoms with Gasteiger partial charge in [0.05, 0.1) is 0 Å². The van der Waals surface area contributed by atoms with Crippen LogP contribution < -0.4 is 11.1 Å². The number of carbonyl (C=O) groups is 1. The molecule has 2 fully saturated rings. The lowest BCUT2D eigenvalue weighted by atomic mass is 9.86. The topological polar surface area (TPSA) is 67.6 Å². The number of likely N-dealkylation sites (tertiary alicyclic amines) is 1. The highest BCUT2D eigenvalue weighted by molar-refractivity contribution is 5.76. The van der Waals surface area contributed by atoms with E-state index in [2.05, 4.69) is 10.2 Å². The van der Waals surface area contributed by atoms with E-state index in [1.165, 1.54) is 19.3 Å². The molecular weight excluding hydrogens is 242 g/mol. The van der Waals surface area contributed by atoms with Gasteiger partial charge in [0.1, 0.15) is 0 Å². The quantitative estimate of drug-likeness (QED) is 0.762. The predicted molar refractivity (Wildman–Crippen MR) is 74.9 cm³/mol. The number of carbonyl (C=O) groups excluding carboxylic acids is 1. The molecular formula is C14H27N3O2. The van der Waals surface area contributed by atoms with E-state index in [0.29, 0.717) is 13.0 Å². The minimum Gasteiger partial charge on any atom is -0.381 e. The number of nitrogens with zero attached hydrogens (tertiary/aromatic N) is 1. The number of amides is 1. The molecule has 0 aliphatic carbocycles. The van der Waals surface area contributed by atoms with Crippen molar-refractivity contribution in [2.24, 2.45) is 5.73 Å². The molecule has 0 unspecified atom stereocenters. The lowest BCUT2D eigenvalue weighted by Gasteiger charge is -2.48. The number of hydrogen-bond acceptors (Lipinski definition) is 4. The average molecular weight is 269 g/mol. The van der Waals surface area contributed by atoms with Crippen LogP contribution in [0.5, 0.6) is 0 Å². The molecule has 5 heteroatoms. The van der Waals surface area contributed by atoms with E-state index in [1.807, 2.05) is 0 Å². The fraction of sp³-hybridized carbons (Fsp3) is 0.929. The predicted octanol–water partition coefficient (Wildman–Crippen LogP) is 0.487. The maximum atomic E-state index is 11.7. The Bertz CT molecular complexity index is 284. The second-order valence-electron chi connectivity index (χ2n) is 5.70. The van der Waals surface area contributed by atoms with E-state index < -0.39 is 0 Å². The first-order valence-electron chi connectivity index (χ1n) is 7.56. The van der Waals surface area contributed by atoms with Crippen LogP contribution in [0, 0.1) is 0 Å². The smallest absolute Gasteiger partial charge is 0.221 e. The summed E-state index contributed by atoms with van der Waals surface area (Å²) < 4.78 is 5.51. The molecule has 2 aliphatic heterocycles. The lowest BCUT2D eigenvalue weighted by Crippen LogP contribution is -2.59. The average Bonchev–Trinajstić information content (AvgIpc) is 2.47. The molecule has 1 amide bonds. The SMILES string of the molecule is NCCC(=O)NCC1(N2CCCCC2)CCOCC1. The van der Waals surface area contributed by atoms with Gasteiger partial charge in [-0.3, -0.25) is 9.69 Å². The molecule has 0 atom stereocenters. The minimum absolute atomic E-state index is 0.0744. The highest BCUT2D eigenvalue weighted by atomic mass is 16.5. The Balaban J connectivity index is 1.95. The summed E-state index contributed by atoms with van der Waals surface area (Å²) in [6.07, 6.45) is 6.36. The fourth-order valence-corrected chi connectivity index (χ4v) is 3.21. The van der Waals surface area contributed by atoms with Gasteiger partial charge in [0.2, 0.25) is 5.91 Å². The summed E-state index contributed by atoms with van der Waals surface area (Å²) in [5, 5.41) is 3.08. The van der Waals surface area contributed by atoms with Crippen molar-refractivity contribution < 1.29 is 9.53 Å². The van der Waals surface area contributed by atoms with Gasteiger partial charge >= 0.3 is 0 Å². The van der Waals surface area contributed by atoms with Gasteiger partial charge in [0.25, 0.3) is 0 Å². The zero-order valence-electron chi connectivity index (χ0n) is 11.8. The second kappa shape index (κ2) is 7.22. The first kappa shape index (κ1) is 14.8. The molecule has 3 N–H and O–H groups in total. The van der Waals surface area contributed by atoms with Gasteiger partial charge in [0.15, 0.2) is 0 Å². The van der Waals surface area contributed by atoms with Gasteiger partial charge in [-0.05, 0) is 38.8 Å². The summed E-state index contributed by atoms with van der Waals surface area (Å²) in [5.41, 5.74) is 5.54. The normalized spacial score (nSPS) is 24.1. The molecule has 0 aromatic rings. The van der Waals surface area contributed by atoms with Gasteiger partial charge in [-0.25, -0.2) is 0 Å². The Morgan fingerprint density at radius 3 is 2.53 bits per heavy atom. The van der Waals surface area contributed by atoms with E-state index in [1.54, 1.807) is 0 Å². The van der Waals surface area contributed by atoms with Crippen LogP contribution in [-0.2, 0) is 9.53 Å². The van der Waals surface area contributed by atoms with Crippen molar-refractivity contribution >= 4 is 5.91 Å². The minimum atomic E-state index is 0.0744.